The number of aliphatic hydroxyl groups is 1. The summed E-state index contributed by atoms with van der Waals surface area (Å²) < 4.78 is 28.4. The van der Waals surface area contributed by atoms with Crippen molar-refractivity contribution in [3.8, 4) is 0 Å². The van der Waals surface area contributed by atoms with E-state index >= 15 is 0 Å². The highest BCUT2D eigenvalue weighted by Crippen LogP contribution is 2.26. The van der Waals surface area contributed by atoms with Crippen molar-refractivity contribution in [3.05, 3.63) is 34.6 Å². The number of hydrogen-bond acceptors (Lipinski definition) is 2. The molecule has 0 amide bonds. The molecule has 0 aliphatic rings. The van der Waals surface area contributed by atoms with Gasteiger partial charge < -0.3 is 5.11 Å². The van der Waals surface area contributed by atoms with Gasteiger partial charge in [0.15, 0.2) is 0 Å². The first-order valence-electron chi connectivity index (χ1n) is 6.00. The predicted octanol–water partition coefficient (Wildman–Crippen LogP) is 2.95. The van der Waals surface area contributed by atoms with Gasteiger partial charge in [-0.25, -0.2) is 13.3 Å². The third-order valence-corrected chi connectivity index (χ3v) is 4.48. The summed E-state index contributed by atoms with van der Waals surface area (Å²) in [5.74, 6) is -0.541. The van der Waals surface area contributed by atoms with Gasteiger partial charge in [-0.15, -0.1) is 0 Å². The summed E-state index contributed by atoms with van der Waals surface area (Å²) in [5, 5.41) is 9.10. The maximum Gasteiger partial charge on any atom is 0.146 e. The number of aliphatic hydroxyl groups excluding tert-OH is 1. The summed E-state index contributed by atoms with van der Waals surface area (Å²) in [6.07, 6.45) is 0.263. The largest absolute Gasteiger partial charge is 0.396 e. The monoisotopic (exact) mass is 307 g/mol. The first-order valence-corrected chi connectivity index (χ1v) is 7.53. The van der Waals surface area contributed by atoms with Crippen LogP contribution in [-0.4, -0.2) is 20.7 Å². The Morgan fingerprint density at radius 2 is 2.11 bits per heavy atom. The summed E-state index contributed by atoms with van der Waals surface area (Å²) in [6.45, 7) is 5.33. The third-order valence-electron chi connectivity index (χ3n) is 2.58. The van der Waals surface area contributed by atoms with Gasteiger partial charge in [-0.05, 0) is 33.3 Å². The van der Waals surface area contributed by atoms with Crippen molar-refractivity contribution in [1.82, 2.24) is 4.72 Å². The fourth-order valence-electron chi connectivity index (χ4n) is 1.50. The smallest absolute Gasteiger partial charge is 0.146 e. The van der Waals surface area contributed by atoms with E-state index in [0.717, 1.165) is 0 Å². The highest BCUT2D eigenvalue weighted by atomic mass is 35.5. The van der Waals surface area contributed by atoms with Crippen LogP contribution in [0.25, 0.3) is 0 Å². The minimum absolute atomic E-state index is 0.0174. The molecule has 2 atom stereocenters. The molecule has 1 aromatic carbocycles. The van der Waals surface area contributed by atoms with Crippen LogP contribution < -0.4 is 4.72 Å². The van der Waals surface area contributed by atoms with E-state index in [9.17, 15) is 8.60 Å². The maximum absolute atomic E-state index is 14.0. The minimum Gasteiger partial charge on any atom is -0.396 e. The van der Waals surface area contributed by atoms with E-state index in [2.05, 4.69) is 4.72 Å². The number of hydrogen-bond donors (Lipinski definition) is 2. The minimum atomic E-state index is -1.36. The molecule has 0 aromatic heterocycles. The molecule has 0 saturated carbocycles. The molecule has 0 radical (unpaired) electrons. The van der Waals surface area contributed by atoms with E-state index < -0.39 is 27.6 Å². The van der Waals surface area contributed by atoms with Gasteiger partial charge in [-0.3, -0.25) is 0 Å². The molecule has 0 saturated heterocycles. The molecule has 0 spiro atoms. The van der Waals surface area contributed by atoms with Gasteiger partial charge >= 0.3 is 0 Å². The molecule has 1 aromatic rings. The number of halogens is 2. The summed E-state index contributed by atoms with van der Waals surface area (Å²) in [7, 11) is -1.36. The van der Waals surface area contributed by atoms with Crippen LogP contribution in [0, 0.1) is 5.82 Å². The van der Waals surface area contributed by atoms with Crippen molar-refractivity contribution in [2.75, 3.05) is 6.61 Å². The summed E-state index contributed by atoms with van der Waals surface area (Å²) in [6, 6.07) is 4.13. The molecule has 0 unspecified atom stereocenters. The number of rotatable bonds is 5. The topological polar surface area (TPSA) is 49.3 Å². The first kappa shape index (κ1) is 16.6. The Bertz CT molecular complexity index is 462. The normalized spacial score (nSPS) is 15.3. The molecule has 0 aliphatic heterocycles. The molecule has 19 heavy (non-hydrogen) atoms. The van der Waals surface area contributed by atoms with Crippen LogP contribution in [0.1, 0.15) is 38.8 Å². The van der Waals surface area contributed by atoms with Crippen LogP contribution in [0.5, 0.6) is 0 Å². The van der Waals surface area contributed by atoms with Gasteiger partial charge in [0.25, 0.3) is 0 Å². The SMILES string of the molecule is CC(C)(C)[S@](=O)N[C@H](CCO)c1cccc(Cl)c1F. The number of benzene rings is 1. The van der Waals surface area contributed by atoms with Gasteiger partial charge in [0, 0.05) is 18.2 Å². The second-order valence-electron chi connectivity index (χ2n) is 5.21. The zero-order valence-corrected chi connectivity index (χ0v) is 12.8. The average Bonchev–Trinajstić information content (AvgIpc) is 2.31. The number of nitrogens with one attached hydrogen (secondary N) is 1. The lowest BCUT2D eigenvalue weighted by atomic mass is 10.0. The Morgan fingerprint density at radius 3 is 2.63 bits per heavy atom. The summed E-state index contributed by atoms with van der Waals surface area (Å²) in [4.78, 5) is 0. The van der Waals surface area contributed by atoms with Crippen LogP contribution in [0.4, 0.5) is 4.39 Å². The average molecular weight is 308 g/mol. The van der Waals surface area contributed by atoms with Crippen molar-refractivity contribution in [2.24, 2.45) is 0 Å². The maximum atomic E-state index is 14.0. The van der Waals surface area contributed by atoms with Gasteiger partial charge in [-0.2, -0.15) is 0 Å². The second kappa shape index (κ2) is 6.79. The Kier molecular flexibility index (Phi) is 5.92. The third kappa shape index (κ3) is 4.53. The molecule has 0 fully saturated rings. The van der Waals surface area contributed by atoms with Crippen LogP contribution in [0.15, 0.2) is 18.2 Å². The van der Waals surface area contributed by atoms with Crippen LogP contribution in [-0.2, 0) is 11.0 Å². The van der Waals surface area contributed by atoms with Crippen molar-refractivity contribution in [2.45, 2.75) is 38.0 Å². The van der Waals surface area contributed by atoms with E-state index in [1.54, 1.807) is 12.1 Å². The second-order valence-corrected chi connectivity index (χ2v) is 7.61. The van der Waals surface area contributed by atoms with E-state index in [-0.39, 0.29) is 18.1 Å². The van der Waals surface area contributed by atoms with Gasteiger partial charge in [0.2, 0.25) is 0 Å². The molecular formula is C13H19ClFNO2S. The summed E-state index contributed by atoms with van der Waals surface area (Å²) >= 11 is 5.74. The quantitative estimate of drug-likeness (QED) is 0.878. The molecule has 0 bridgehead atoms. The van der Waals surface area contributed by atoms with Crippen LogP contribution in [0.3, 0.4) is 0 Å². The lowest BCUT2D eigenvalue weighted by molar-refractivity contribution is 0.271. The highest BCUT2D eigenvalue weighted by Gasteiger charge is 2.25. The van der Waals surface area contributed by atoms with E-state index in [1.807, 2.05) is 20.8 Å². The van der Waals surface area contributed by atoms with Gasteiger partial charge in [0.05, 0.1) is 20.8 Å². The predicted molar refractivity (Wildman–Crippen MR) is 76.9 cm³/mol. The zero-order chi connectivity index (χ0) is 14.6. The van der Waals surface area contributed by atoms with Crippen LogP contribution >= 0.6 is 11.6 Å². The fourth-order valence-corrected chi connectivity index (χ4v) is 2.54. The molecule has 3 nitrogen and oxygen atoms in total. The Labute approximate surface area is 120 Å². The first-order chi connectivity index (χ1) is 8.77. The van der Waals surface area contributed by atoms with Crippen molar-refractivity contribution < 1.29 is 13.7 Å². The molecule has 2 N–H and O–H groups in total. The molecule has 1 rings (SSSR count). The van der Waals surface area contributed by atoms with Gasteiger partial charge in [0.1, 0.15) is 5.82 Å². The summed E-state index contributed by atoms with van der Waals surface area (Å²) in [5.41, 5.74) is 0.319. The van der Waals surface area contributed by atoms with E-state index in [1.165, 1.54) is 6.07 Å². The molecule has 0 aliphatic carbocycles. The standard InChI is InChI=1S/C13H19ClFNO2S/c1-13(2,3)19(18)16-11(7-8-17)9-5-4-6-10(14)12(9)15/h4-6,11,16-17H,7-8H2,1-3H3/t11-,19+/m1/s1. The molecule has 6 heteroatoms. The van der Waals surface area contributed by atoms with Gasteiger partial charge in [-0.1, -0.05) is 23.7 Å². The Hall–Kier alpha value is -0.490. The van der Waals surface area contributed by atoms with Crippen molar-refractivity contribution >= 4 is 22.6 Å². The van der Waals surface area contributed by atoms with Crippen molar-refractivity contribution in [1.29, 1.82) is 0 Å². The van der Waals surface area contributed by atoms with E-state index in [0.29, 0.717) is 5.56 Å². The zero-order valence-electron chi connectivity index (χ0n) is 11.2. The van der Waals surface area contributed by atoms with Crippen molar-refractivity contribution in [3.63, 3.8) is 0 Å². The van der Waals surface area contributed by atoms with E-state index in [4.69, 9.17) is 16.7 Å². The molecule has 108 valence electrons. The molecule has 0 heterocycles. The highest BCUT2D eigenvalue weighted by molar-refractivity contribution is 7.84. The fraction of sp³-hybridized carbons (Fsp3) is 0.538. The van der Waals surface area contributed by atoms with Crippen LogP contribution in [0.2, 0.25) is 5.02 Å². The lowest BCUT2D eigenvalue weighted by Crippen LogP contribution is -2.36. The Balaban J connectivity index is 3.01. The Morgan fingerprint density at radius 1 is 1.47 bits per heavy atom. The molecular weight excluding hydrogens is 289 g/mol. The lowest BCUT2D eigenvalue weighted by Gasteiger charge is -2.24.